The largest absolute Gasteiger partial charge is 0.497 e. The van der Waals surface area contributed by atoms with E-state index in [4.69, 9.17) is 4.74 Å². The molecule has 0 radical (unpaired) electrons. The molecule has 174 valence electrons. The Morgan fingerprint density at radius 1 is 1.12 bits per heavy atom. The Balaban J connectivity index is 1.17. The molecule has 1 aliphatic carbocycles. The number of ether oxygens (including phenoxy) is 1. The monoisotopic (exact) mass is 441 g/mol. The van der Waals surface area contributed by atoms with Gasteiger partial charge in [0.15, 0.2) is 0 Å². The van der Waals surface area contributed by atoms with Crippen molar-refractivity contribution in [3.8, 4) is 5.75 Å². The first kappa shape index (κ1) is 22.6. The highest BCUT2D eigenvalue weighted by Gasteiger charge is 2.36. The fourth-order valence-electron chi connectivity index (χ4n) is 4.75. The maximum absolute atomic E-state index is 12.6. The molecule has 0 spiro atoms. The first-order valence-corrected chi connectivity index (χ1v) is 12.0. The van der Waals surface area contributed by atoms with E-state index in [9.17, 15) is 14.4 Å². The van der Waals surface area contributed by atoms with Crippen molar-refractivity contribution >= 4 is 17.7 Å². The number of piperidine rings is 1. The van der Waals surface area contributed by atoms with Crippen LogP contribution < -0.4 is 10.1 Å². The molecule has 1 aromatic carbocycles. The normalized spacial score (nSPS) is 21.7. The molecule has 3 fully saturated rings. The van der Waals surface area contributed by atoms with Crippen molar-refractivity contribution in [2.45, 2.75) is 44.9 Å². The molecule has 1 atom stereocenters. The minimum Gasteiger partial charge on any atom is -0.497 e. The number of amides is 3. The van der Waals surface area contributed by atoms with Crippen LogP contribution in [-0.4, -0.2) is 67.4 Å². The summed E-state index contributed by atoms with van der Waals surface area (Å²) in [5.74, 6) is 1.97. The van der Waals surface area contributed by atoms with Crippen molar-refractivity contribution in [2.24, 2.45) is 17.8 Å². The number of nitrogens with zero attached hydrogens (tertiary/aromatic N) is 2. The summed E-state index contributed by atoms with van der Waals surface area (Å²) in [4.78, 5) is 41.2. The molecule has 2 aliphatic heterocycles. The third-order valence-corrected chi connectivity index (χ3v) is 7.05. The van der Waals surface area contributed by atoms with Crippen molar-refractivity contribution in [2.75, 3.05) is 39.8 Å². The van der Waals surface area contributed by atoms with Gasteiger partial charge in [0.25, 0.3) is 0 Å². The van der Waals surface area contributed by atoms with Crippen LogP contribution in [0.5, 0.6) is 5.75 Å². The summed E-state index contributed by atoms with van der Waals surface area (Å²) in [6.45, 7) is 3.49. The summed E-state index contributed by atoms with van der Waals surface area (Å²) in [5, 5.41) is 3.01. The summed E-state index contributed by atoms with van der Waals surface area (Å²) < 4.78 is 5.25. The second-order valence-electron chi connectivity index (χ2n) is 9.56. The lowest BCUT2D eigenvalue weighted by molar-refractivity contribution is -0.133. The molecular formula is C25H35N3O4. The van der Waals surface area contributed by atoms with Gasteiger partial charge in [-0.15, -0.1) is 0 Å². The van der Waals surface area contributed by atoms with Crippen LogP contribution in [0, 0.1) is 17.8 Å². The van der Waals surface area contributed by atoms with Gasteiger partial charge in [-0.1, -0.05) is 12.1 Å². The van der Waals surface area contributed by atoms with E-state index >= 15 is 0 Å². The lowest BCUT2D eigenvalue weighted by Gasteiger charge is -2.34. The van der Waals surface area contributed by atoms with Gasteiger partial charge in [0.2, 0.25) is 17.7 Å². The van der Waals surface area contributed by atoms with Crippen molar-refractivity contribution < 1.29 is 19.1 Å². The highest BCUT2D eigenvalue weighted by atomic mass is 16.5. The van der Waals surface area contributed by atoms with Crippen molar-refractivity contribution in [3.63, 3.8) is 0 Å². The quantitative estimate of drug-likeness (QED) is 0.638. The van der Waals surface area contributed by atoms with Crippen LogP contribution >= 0.6 is 0 Å². The number of hydrogen-bond donors (Lipinski definition) is 1. The zero-order valence-electron chi connectivity index (χ0n) is 19.1. The average Bonchev–Trinajstić information content (AvgIpc) is 3.58. The lowest BCUT2D eigenvalue weighted by atomic mass is 9.95. The summed E-state index contributed by atoms with van der Waals surface area (Å²) >= 11 is 0. The van der Waals surface area contributed by atoms with E-state index in [1.54, 1.807) is 7.11 Å². The van der Waals surface area contributed by atoms with E-state index < -0.39 is 0 Å². The molecule has 0 aromatic heterocycles. The van der Waals surface area contributed by atoms with Gasteiger partial charge in [0, 0.05) is 45.6 Å². The van der Waals surface area contributed by atoms with Crippen LogP contribution in [0.1, 0.15) is 44.1 Å². The van der Waals surface area contributed by atoms with Crippen LogP contribution in [-0.2, 0) is 20.8 Å². The zero-order chi connectivity index (χ0) is 22.5. The number of carbonyl (C=O) groups is 3. The predicted molar refractivity (Wildman–Crippen MR) is 121 cm³/mol. The number of nitrogens with one attached hydrogen (secondary N) is 1. The van der Waals surface area contributed by atoms with Crippen molar-refractivity contribution in [3.05, 3.63) is 29.8 Å². The Bertz CT molecular complexity index is 830. The summed E-state index contributed by atoms with van der Waals surface area (Å²) in [6, 6.07) is 7.86. The third kappa shape index (κ3) is 6.02. The highest BCUT2D eigenvalue weighted by molar-refractivity contribution is 5.89. The first-order valence-electron chi connectivity index (χ1n) is 12.0. The maximum atomic E-state index is 12.6. The van der Waals surface area contributed by atoms with Crippen molar-refractivity contribution in [1.82, 2.24) is 15.1 Å². The van der Waals surface area contributed by atoms with Crippen LogP contribution in [0.2, 0.25) is 0 Å². The van der Waals surface area contributed by atoms with Gasteiger partial charge in [0.05, 0.1) is 13.0 Å². The fraction of sp³-hybridized carbons (Fsp3) is 0.640. The molecule has 1 aromatic rings. The fourth-order valence-corrected chi connectivity index (χ4v) is 4.75. The van der Waals surface area contributed by atoms with Crippen LogP contribution in [0.4, 0.5) is 0 Å². The van der Waals surface area contributed by atoms with E-state index in [1.807, 2.05) is 34.1 Å². The van der Waals surface area contributed by atoms with E-state index in [0.717, 1.165) is 43.8 Å². The maximum Gasteiger partial charge on any atom is 0.225 e. The highest BCUT2D eigenvalue weighted by Crippen LogP contribution is 2.28. The number of benzene rings is 1. The van der Waals surface area contributed by atoms with E-state index in [-0.39, 0.29) is 23.6 Å². The number of carbonyl (C=O) groups excluding carboxylic acids is 3. The minimum absolute atomic E-state index is 0.0317. The van der Waals surface area contributed by atoms with E-state index in [2.05, 4.69) is 5.32 Å². The predicted octanol–water partition coefficient (Wildman–Crippen LogP) is 2.24. The van der Waals surface area contributed by atoms with Gasteiger partial charge in [-0.3, -0.25) is 14.4 Å². The molecule has 1 saturated carbocycles. The SMILES string of the molecule is COc1cccc(CCC(=O)N2CCC(CN3CC(C(=O)NCC4CC4)CC3=O)CC2)c1. The molecule has 1 unspecified atom stereocenters. The molecule has 2 saturated heterocycles. The topological polar surface area (TPSA) is 79.0 Å². The minimum atomic E-state index is -0.209. The van der Waals surface area contributed by atoms with Gasteiger partial charge in [0.1, 0.15) is 5.75 Å². The lowest BCUT2D eigenvalue weighted by Crippen LogP contribution is -2.42. The smallest absolute Gasteiger partial charge is 0.225 e. The van der Waals surface area contributed by atoms with Crippen LogP contribution in [0.3, 0.4) is 0 Å². The number of rotatable bonds is 9. The molecule has 1 N–H and O–H groups in total. The van der Waals surface area contributed by atoms with Gasteiger partial charge in [-0.05, 0) is 61.6 Å². The first-order chi connectivity index (χ1) is 15.5. The molecular weight excluding hydrogens is 406 g/mol. The van der Waals surface area contributed by atoms with Gasteiger partial charge in [-0.2, -0.15) is 0 Å². The number of aryl methyl sites for hydroxylation is 1. The Morgan fingerprint density at radius 2 is 1.91 bits per heavy atom. The van der Waals surface area contributed by atoms with Gasteiger partial charge >= 0.3 is 0 Å². The van der Waals surface area contributed by atoms with Crippen molar-refractivity contribution in [1.29, 1.82) is 0 Å². The Hall–Kier alpha value is -2.57. The molecule has 3 amide bonds. The molecule has 3 aliphatic rings. The zero-order valence-corrected chi connectivity index (χ0v) is 19.1. The molecule has 7 nitrogen and oxygen atoms in total. The summed E-state index contributed by atoms with van der Waals surface area (Å²) in [5.41, 5.74) is 1.11. The Kier molecular flexibility index (Phi) is 7.33. The van der Waals surface area contributed by atoms with E-state index in [1.165, 1.54) is 12.8 Å². The second-order valence-corrected chi connectivity index (χ2v) is 9.56. The molecule has 32 heavy (non-hydrogen) atoms. The Labute approximate surface area is 190 Å². The van der Waals surface area contributed by atoms with Gasteiger partial charge < -0.3 is 19.9 Å². The van der Waals surface area contributed by atoms with Crippen LogP contribution in [0.15, 0.2) is 24.3 Å². The molecule has 2 heterocycles. The molecule has 7 heteroatoms. The average molecular weight is 442 g/mol. The standard InChI is InChI=1S/C25H35N3O4/c1-32-22-4-2-3-18(13-22)7-8-23(29)27-11-9-20(10-12-27)16-28-17-21(14-24(28)30)25(31)26-15-19-5-6-19/h2-4,13,19-21H,5-12,14-17H2,1H3,(H,26,31). The third-order valence-electron chi connectivity index (χ3n) is 7.05. The summed E-state index contributed by atoms with van der Waals surface area (Å²) in [7, 11) is 1.65. The van der Waals surface area contributed by atoms with Crippen LogP contribution in [0.25, 0.3) is 0 Å². The van der Waals surface area contributed by atoms with Gasteiger partial charge in [-0.25, -0.2) is 0 Å². The Morgan fingerprint density at radius 3 is 2.62 bits per heavy atom. The number of likely N-dealkylation sites (tertiary alicyclic amines) is 2. The van der Waals surface area contributed by atoms with E-state index in [0.29, 0.717) is 44.2 Å². The molecule has 0 bridgehead atoms. The second kappa shape index (κ2) is 10.4. The number of methoxy groups -OCH3 is 1. The molecule has 4 rings (SSSR count). The number of hydrogen-bond acceptors (Lipinski definition) is 4. The summed E-state index contributed by atoms with van der Waals surface area (Å²) in [6.07, 6.45) is 5.78.